The van der Waals surface area contributed by atoms with Crippen molar-refractivity contribution >= 4 is 17.7 Å². The molecule has 1 amide bonds. The molecule has 130 valence electrons. The van der Waals surface area contributed by atoms with Crippen LogP contribution in [0.5, 0.6) is 0 Å². The fraction of sp³-hybridized carbons (Fsp3) is 0.588. The van der Waals surface area contributed by atoms with Gasteiger partial charge in [0.1, 0.15) is 0 Å². The molecule has 3 rings (SSSR count). The van der Waals surface area contributed by atoms with Crippen molar-refractivity contribution in [2.45, 2.75) is 62.5 Å². The molecule has 7 heteroatoms. The molecule has 0 aliphatic carbocycles. The van der Waals surface area contributed by atoms with Crippen molar-refractivity contribution in [1.29, 1.82) is 0 Å². The van der Waals surface area contributed by atoms with Crippen molar-refractivity contribution < 1.29 is 9.21 Å². The lowest BCUT2D eigenvalue weighted by Crippen LogP contribution is -2.50. The standard InChI is InChI=1S/C17H24N4O2S/c1-11-7-5-8-12(2)21(11)16(22)13(3)24-17-19-18-15(20(17)4)14-9-6-10-23-14/h6,9-13H,5,7-8H2,1-4H3/t11-,12-,13-/m0/s1. The van der Waals surface area contributed by atoms with Crippen molar-refractivity contribution in [3.63, 3.8) is 0 Å². The van der Waals surface area contributed by atoms with E-state index in [4.69, 9.17) is 4.42 Å². The van der Waals surface area contributed by atoms with E-state index in [0.717, 1.165) is 18.0 Å². The maximum atomic E-state index is 12.9. The fourth-order valence-corrected chi connectivity index (χ4v) is 4.18. The Labute approximate surface area is 146 Å². The van der Waals surface area contributed by atoms with E-state index in [-0.39, 0.29) is 11.2 Å². The number of thioether (sulfide) groups is 1. The highest BCUT2D eigenvalue weighted by Gasteiger charge is 2.32. The third-order valence-electron chi connectivity index (χ3n) is 4.65. The number of hydrogen-bond acceptors (Lipinski definition) is 5. The highest BCUT2D eigenvalue weighted by atomic mass is 32.2. The van der Waals surface area contributed by atoms with Gasteiger partial charge in [-0.15, -0.1) is 10.2 Å². The molecule has 24 heavy (non-hydrogen) atoms. The molecule has 1 saturated heterocycles. The van der Waals surface area contributed by atoms with Crippen LogP contribution in [0, 0.1) is 0 Å². The van der Waals surface area contributed by atoms with Crippen LogP contribution >= 0.6 is 11.8 Å². The normalized spacial score (nSPS) is 22.6. The number of rotatable bonds is 4. The molecule has 0 N–H and O–H groups in total. The number of nitrogens with zero attached hydrogens (tertiary/aromatic N) is 4. The van der Waals surface area contributed by atoms with E-state index in [1.807, 2.05) is 35.6 Å². The molecule has 0 unspecified atom stereocenters. The Hall–Kier alpha value is -1.76. The summed E-state index contributed by atoms with van der Waals surface area (Å²) in [7, 11) is 1.89. The number of furan rings is 1. The van der Waals surface area contributed by atoms with Crippen LogP contribution in [0.1, 0.15) is 40.0 Å². The quantitative estimate of drug-likeness (QED) is 0.793. The van der Waals surface area contributed by atoms with Crippen LogP contribution in [0.15, 0.2) is 28.0 Å². The zero-order chi connectivity index (χ0) is 17.3. The number of piperidine rings is 1. The molecular formula is C17H24N4O2S. The van der Waals surface area contributed by atoms with E-state index < -0.39 is 0 Å². The first-order valence-electron chi connectivity index (χ1n) is 8.41. The average Bonchev–Trinajstić information content (AvgIpc) is 3.17. The van der Waals surface area contributed by atoms with Gasteiger partial charge in [0.2, 0.25) is 5.91 Å². The maximum Gasteiger partial charge on any atom is 0.236 e. The Morgan fingerprint density at radius 2 is 2.04 bits per heavy atom. The van der Waals surface area contributed by atoms with Crippen LogP contribution in [0.2, 0.25) is 0 Å². The highest BCUT2D eigenvalue weighted by Crippen LogP contribution is 2.30. The summed E-state index contributed by atoms with van der Waals surface area (Å²) in [5.74, 6) is 1.53. The summed E-state index contributed by atoms with van der Waals surface area (Å²) < 4.78 is 7.25. The first-order chi connectivity index (χ1) is 11.5. The van der Waals surface area contributed by atoms with Gasteiger partial charge in [-0.25, -0.2) is 0 Å². The minimum absolute atomic E-state index is 0.183. The van der Waals surface area contributed by atoms with Gasteiger partial charge in [0.05, 0.1) is 11.5 Å². The summed E-state index contributed by atoms with van der Waals surface area (Å²) >= 11 is 1.45. The summed E-state index contributed by atoms with van der Waals surface area (Å²) in [6.45, 7) is 6.23. The van der Waals surface area contributed by atoms with Crippen LogP contribution < -0.4 is 0 Å². The summed E-state index contributed by atoms with van der Waals surface area (Å²) in [6, 6.07) is 4.29. The molecule has 2 aromatic heterocycles. The largest absolute Gasteiger partial charge is 0.461 e. The second kappa shape index (κ2) is 7.01. The Bertz CT molecular complexity index is 688. The summed E-state index contributed by atoms with van der Waals surface area (Å²) in [5.41, 5.74) is 0. The zero-order valence-corrected chi connectivity index (χ0v) is 15.4. The third kappa shape index (κ3) is 3.22. The van der Waals surface area contributed by atoms with Gasteiger partial charge in [-0.3, -0.25) is 4.79 Å². The van der Waals surface area contributed by atoms with Gasteiger partial charge in [0, 0.05) is 19.1 Å². The van der Waals surface area contributed by atoms with Crippen molar-refractivity contribution in [3.8, 4) is 11.6 Å². The molecule has 3 atom stereocenters. The lowest BCUT2D eigenvalue weighted by molar-refractivity contribution is -0.136. The molecule has 0 aromatic carbocycles. The lowest BCUT2D eigenvalue weighted by atomic mass is 9.97. The highest BCUT2D eigenvalue weighted by molar-refractivity contribution is 8.00. The molecule has 0 radical (unpaired) electrons. The summed E-state index contributed by atoms with van der Waals surface area (Å²) in [6.07, 6.45) is 4.98. The molecule has 1 fully saturated rings. The predicted molar refractivity (Wildman–Crippen MR) is 93.6 cm³/mol. The second-order valence-corrected chi connectivity index (χ2v) is 7.78. The Morgan fingerprint density at radius 3 is 2.67 bits per heavy atom. The minimum atomic E-state index is -0.194. The van der Waals surface area contributed by atoms with E-state index in [0.29, 0.717) is 23.7 Å². The van der Waals surface area contributed by atoms with Crippen molar-refractivity contribution in [1.82, 2.24) is 19.7 Å². The first-order valence-corrected chi connectivity index (χ1v) is 9.29. The second-order valence-electron chi connectivity index (χ2n) is 6.48. The Balaban J connectivity index is 1.73. The van der Waals surface area contributed by atoms with Gasteiger partial charge in [0.25, 0.3) is 0 Å². The van der Waals surface area contributed by atoms with Crippen molar-refractivity contribution in [2.75, 3.05) is 0 Å². The number of carbonyl (C=O) groups excluding carboxylic acids is 1. The number of aromatic nitrogens is 3. The SMILES string of the molecule is C[C@H](Sc1nnc(-c2ccco2)n1C)C(=O)N1[C@@H](C)CCC[C@@H]1C. The molecular weight excluding hydrogens is 324 g/mol. The number of likely N-dealkylation sites (tertiary alicyclic amines) is 1. The maximum absolute atomic E-state index is 12.9. The van der Waals surface area contributed by atoms with E-state index in [1.54, 1.807) is 6.26 Å². The van der Waals surface area contributed by atoms with E-state index in [9.17, 15) is 4.79 Å². The minimum Gasteiger partial charge on any atom is -0.461 e. The van der Waals surface area contributed by atoms with Gasteiger partial charge >= 0.3 is 0 Å². The topological polar surface area (TPSA) is 64.2 Å². The number of hydrogen-bond donors (Lipinski definition) is 0. The molecule has 0 spiro atoms. The van der Waals surface area contributed by atoms with E-state index in [1.165, 1.54) is 18.2 Å². The Morgan fingerprint density at radius 1 is 1.33 bits per heavy atom. The van der Waals surface area contributed by atoms with Crippen LogP contribution in [0.4, 0.5) is 0 Å². The predicted octanol–water partition coefficient (Wildman–Crippen LogP) is 3.35. The number of amides is 1. The van der Waals surface area contributed by atoms with Crippen LogP contribution in [0.3, 0.4) is 0 Å². The third-order valence-corrected chi connectivity index (χ3v) is 5.78. The van der Waals surface area contributed by atoms with Crippen LogP contribution in [-0.4, -0.2) is 42.9 Å². The van der Waals surface area contributed by atoms with Crippen LogP contribution in [-0.2, 0) is 11.8 Å². The lowest BCUT2D eigenvalue weighted by Gasteiger charge is -2.40. The van der Waals surface area contributed by atoms with Crippen molar-refractivity contribution in [3.05, 3.63) is 18.4 Å². The van der Waals surface area contributed by atoms with Gasteiger partial charge in [-0.05, 0) is 52.2 Å². The number of carbonyl (C=O) groups is 1. The zero-order valence-electron chi connectivity index (χ0n) is 14.6. The summed E-state index contributed by atoms with van der Waals surface area (Å²) in [5, 5.41) is 8.94. The summed E-state index contributed by atoms with van der Waals surface area (Å²) in [4.78, 5) is 14.9. The van der Waals surface area contributed by atoms with Gasteiger partial charge < -0.3 is 13.9 Å². The van der Waals surface area contributed by atoms with Gasteiger partial charge in [-0.2, -0.15) is 0 Å². The van der Waals surface area contributed by atoms with Gasteiger partial charge in [0.15, 0.2) is 16.7 Å². The molecule has 0 bridgehead atoms. The van der Waals surface area contributed by atoms with Crippen LogP contribution in [0.25, 0.3) is 11.6 Å². The van der Waals surface area contributed by atoms with Crippen molar-refractivity contribution in [2.24, 2.45) is 7.05 Å². The van der Waals surface area contributed by atoms with Gasteiger partial charge in [-0.1, -0.05) is 11.8 Å². The average molecular weight is 348 g/mol. The smallest absolute Gasteiger partial charge is 0.236 e. The fourth-order valence-electron chi connectivity index (χ4n) is 3.31. The molecule has 2 aromatic rings. The molecule has 0 saturated carbocycles. The molecule has 1 aliphatic heterocycles. The molecule has 6 nitrogen and oxygen atoms in total. The Kier molecular flexibility index (Phi) is 4.99. The molecule has 3 heterocycles. The van der Waals surface area contributed by atoms with E-state index >= 15 is 0 Å². The van der Waals surface area contributed by atoms with E-state index in [2.05, 4.69) is 24.0 Å². The first kappa shape index (κ1) is 17.1. The monoisotopic (exact) mass is 348 g/mol. The molecule has 1 aliphatic rings.